The molecule has 0 saturated heterocycles. The van der Waals surface area contributed by atoms with Gasteiger partial charge < -0.3 is 4.74 Å². The summed E-state index contributed by atoms with van der Waals surface area (Å²) in [7, 11) is 0. The summed E-state index contributed by atoms with van der Waals surface area (Å²) in [6.45, 7) is 3.97. The monoisotopic (exact) mass is 163 g/mol. The van der Waals surface area contributed by atoms with E-state index in [1.807, 2.05) is 32.0 Å². The second-order valence-corrected chi connectivity index (χ2v) is 2.70. The maximum Gasteiger partial charge on any atom is 0.239 e. The molecule has 0 fully saturated rings. The maximum absolute atomic E-state index is 9.91. The molecule has 1 aromatic rings. The maximum atomic E-state index is 9.91. The topological polar surface area (TPSA) is 26.3 Å². The molecule has 0 heterocycles. The molecular weight excluding hydrogens is 152 g/mol. The van der Waals surface area contributed by atoms with Crippen molar-refractivity contribution in [3.63, 3.8) is 0 Å². The van der Waals surface area contributed by atoms with Gasteiger partial charge in [-0.1, -0.05) is 17.7 Å². The molecule has 12 heavy (non-hydrogen) atoms. The molecule has 2 nitrogen and oxygen atoms in total. The van der Waals surface area contributed by atoms with Crippen molar-refractivity contribution < 1.29 is 9.53 Å². The SMILES string of the molecule is Cc1ccc(OC[C]=O)c(C)c1. The van der Waals surface area contributed by atoms with Crippen molar-refractivity contribution in [3.05, 3.63) is 29.3 Å². The minimum Gasteiger partial charge on any atom is -0.485 e. The fourth-order valence-electron chi connectivity index (χ4n) is 1.07. The first-order valence-corrected chi connectivity index (χ1v) is 3.79. The van der Waals surface area contributed by atoms with Crippen molar-refractivity contribution in [1.29, 1.82) is 0 Å². The minimum absolute atomic E-state index is 0.00387. The van der Waals surface area contributed by atoms with Crippen LogP contribution in [0.3, 0.4) is 0 Å². The van der Waals surface area contributed by atoms with Gasteiger partial charge in [0.2, 0.25) is 6.29 Å². The number of hydrogen-bond acceptors (Lipinski definition) is 2. The van der Waals surface area contributed by atoms with Gasteiger partial charge in [0.1, 0.15) is 5.75 Å². The highest BCUT2D eigenvalue weighted by Crippen LogP contribution is 2.17. The van der Waals surface area contributed by atoms with Crippen LogP contribution in [-0.2, 0) is 4.79 Å². The third-order valence-electron chi connectivity index (χ3n) is 1.62. The molecule has 0 atom stereocenters. The molecule has 0 aliphatic heterocycles. The van der Waals surface area contributed by atoms with E-state index < -0.39 is 0 Å². The van der Waals surface area contributed by atoms with E-state index in [2.05, 4.69) is 0 Å². The van der Waals surface area contributed by atoms with Gasteiger partial charge in [0.25, 0.3) is 0 Å². The van der Waals surface area contributed by atoms with Gasteiger partial charge in [-0.15, -0.1) is 0 Å². The van der Waals surface area contributed by atoms with Gasteiger partial charge in [-0.25, -0.2) is 0 Å². The number of aryl methyl sites for hydroxylation is 2. The largest absolute Gasteiger partial charge is 0.485 e. The van der Waals surface area contributed by atoms with E-state index in [0.717, 1.165) is 11.3 Å². The lowest BCUT2D eigenvalue weighted by Crippen LogP contribution is -1.99. The molecule has 0 amide bonds. The van der Waals surface area contributed by atoms with Crippen LogP contribution in [0.25, 0.3) is 0 Å². The Kier molecular flexibility index (Phi) is 2.86. The molecular formula is C10H11O2. The number of hydrogen-bond donors (Lipinski definition) is 0. The summed E-state index contributed by atoms with van der Waals surface area (Å²) >= 11 is 0. The lowest BCUT2D eigenvalue weighted by Gasteiger charge is -2.05. The Labute approximate surface area is 72.2 Å². The number of benzene rings is 1. The summed E-state index contributed by atoms with van der Waals surface area (Å²) in [4.78, 5) is 9.91. The van der Waals surface area contributed by atoms with Gasteiger partial charge in [0.15, 0.2) is 6.61 Å². The van der Waals surface area contributed by atoms with E-state index in [9.17, 15) is 4.79 Å². The zero-order valence-corrected chi connectivity index (χ0v) is 7.26. The molecule has 0 bridgehead atoms. The van der Waals surface area contributed by atoms with Crippen molar-refractivity contribution >= 4 is 6.29 Å². The Morgan fingerprint density at radius 2 is 2.17 bits per heavy atom. The number of rotatable bonds is 3. The molecule has 1 aromatic carbocycles. The van der Waals surface area contributed by atoms with E-state index in [1.54, 1.807) is 6.29 Å². The van der Waals surface area contributed by atoms with Crippen LogP contribution >= 0.6 is 0 Å². The molecule has 0 aromatic heterocycles. The van der Waals surface area contributed by atoms with Crippen molar-refractivity contribution in [2.45, 2.75) is 13.8 Å². The standard InChI is InChI=1S/C10H11O2/c1-8-3-4-10(9(2)7-8)12-6-5-11/h3-4,7H,6H2,1-2H3. The van der Waals surface area contributed by atoms with E-state index in [1.165, 1.54) is 5.56 Å². The summed E-state index contributed by atoms with van der Waals surface area (Å²) < 4.78 is 5.12. The summed E-state index contributed by atoms with van der Waals surface area (Å²) in [5.41, 5.74) is 2.24. The van der Waals surface area contributed by atoms with E-state index in [-0.39, 0.29) is 6.61 Å². The molecule has 0 unspecified atom stereocenters. The third-order valence-corrected chi connectivity index (χ3v) is 1.62. The van der Waals surface area contributed by atoms with Gasteiger partial charge in [-0.2, -0.15) is 0 Å². The predicted octanol–water partition coefficient (Wildman–Crippen LogP) is 1.79. The lowest BCUT2D eigenvalue weighted by atomic mass is 10.1. The van der Waals surface area contributed by atoms with Gasteiger partial charge in [0, 0.05) is 0 Å². The van der Waals surface area contributed by atoms with E-state index in [0.29, 0.717) is 0 Å². The normalized spacial score (nSPS) is 9.50. The fourth-order valence-corrected chi connectivity index (χ4v) is 1.07. The van der Waals surface area contributed by atoms with Crippen LogP contribution in [0.4, 0.5) is 0 Å². The molecule has 1 radical (unpaired) electrons. The first-order valence-electron chi connectivity index (χ1n) is 3.79. The van der Waals surface area contributed by atoms with E-state index in [4.69, 9.17) is 4.74 Å². The van der Waals surface area contributed by atoms with Crippen LogP contribution in [0.1, 0.15) is 11.1 Å². The Balaban J connectivity index is 2.78. The van der Waals surface area contributed by atoms with Crippen LogP contribution in [0.5, 0.6) is 5.75 Å². The highest BCUT2D eigenvalue weighted by atomic mass is 16.5. The first kappa shape index (κ1) is 8.78. The smallest absolute Gasteiger partial charge is 0.239 e. The van der Waals surface area contributed by atoms with Crippen LogP contribution in [0.2, 0.25) is 0 Å². The highest BCUT2D eigenvalue weighted by Gasteiger charge is 1.97. The Hall–Kier alpha value is -1.31. The van der Waals surface area contributed by atoms with Crippen LogP contribution in [0, 0.1) is 13.8 Å². The molecule has 1 rings (SSSR count). The molecule has 2 heteroatoms. The highest BCUT2D eigenvalue weighted by molar-refractivity contribution is 5.52. The molecule has 0 aliphatic carbocycles. The number of ether oxygens (including phenoxy) is 1. The molecule has 0 aliphatic rings. The molecule has 0 N–H and O–H groups in total. The van der Waals surface area contributed by atoms with Gasteiger partial charge in [-0.3, -0.25) is 4.79 Å². The van der Waals surface area contributed by atoms with Crippen LogP contribution in [0.15, 0.2) is 18.2 Å². The summed E-state index contributed by atoms with van der Waals surface area (Å²) in [5.74, 6) is 0.754. The van der Waals surface area contributed by atoms with E-state index >= 15 is 0 Å². The van der Waals surface area contributed by atoms with Crippen LogP contribution < -0.4 is 4.74 Å². The van der Waals surface area contributed by atoms with Gasteiger partial charge in [-0.05, 0) is 25.5 Å². The molecule has 63 valence electrons. The second-order valence-electron chi connectivity index (χ2n) is 2.70. The summed E-state index contributed by atoms with van der Waals surface area (Å²) in [6, 6.07) is 5.83. The van der Waals surface area contributed by atoms with Gasteiger partial charge >= 0.3 is 0 Å². The lowest BCUT2D eigenvalue weighted by molar-refractivity contribution is 0.362. The summed E-state index contributed by atoms with van der Waals surface area (Å²) in [5, 5.41) is 0. The molecule has 0 saturated carbocycles. The van der Waals surface area contributed by atoms with Crippen LogP contribution in [-0.4, -0.2) is 12.9 Å². The molecule has 0 spiro atoms. The summed E-state index contributed by atoms with van der Waals surface area (Å²) in [6.07, 6.45) is 1.69. The first-order chi connectivity index (χ1) is 5.74. The quantitative estimate of drug-likeness (QED) is 0.679. The third kappa shape index (κ3) is 2.09. The van der Waals surface area contributed by atoms with Crippen molar-refractivity contribution in [2.24, 2.45) is 0 Å². The minimum atomic E-state index is 0.00387. The van der Waals surface area contributed by atoms with Gasteiger partial charge in [0.05, 0.1) is 0 Å². The number of carbonyl (C=O) groups excluding carboxylic acids is 1. The second kappa shape index (κ2) is 3.90. The van der Waals surface area contributed by atoms with Crippen molar-refractivity contribution in [2.75, 3.05) is 6.61 Å². The zero-order valence-electron chi connectivity index (χ0n) is 7.26. The fraction of sp³-hybridized carbons (Fsp3) is 0.300. The Morgan fingerprint density at radius 3 is 2.75 bits per heavy atom. The average molecular weight is 163 g/mol. The van der Waals surface area contributed by atoms with Crippen molar-refractivity contribution in [1.82, 2.24) is 0 Å². The Bertz CT molecular complexity index is 279. The predicted molar refractivity (Wildman–Crippen MR) is 47.1 cm³/mol. The Morgan fingerprint density at radius 1 is 1.42 bits per heavy atom. The zero-order chi connectivity index (χ0) is 8.97. The van der Waals surface area contributed by atoms with Crippen molar-refractivity contribution in [3.8, 4) is 5.75 Å². The average Bonchev–Trinajstić information content (AvgIpc) is 2.03.